The quantitative estimate of drug-likeness (QED) is 0.761. The maximum atomic E-state index is 3.41. The van der Waals surface area contributed by atoms with E-state index in [-0.39, 0.29) is 0 Å². The molecule has 76 valence electrons. The second-order valence-corrected chi connectivity index (χ2v) is 4.76. The SMILES string of the molecule is CNC(c1ccc(SC)cc1)C1CC1. The van der Waals surface area contributed by atoms with E-state index in [2.05, 4.69) is 42.9 Å². The number of benzene rings is 1. The third-order valence-electron chi connectivity index (χ3n) is 2.88. The molecule has 1 atom stereocenters. The average molecular weight is 207 g/mol. The Kier molecular flexibility index (Phi) is 3.14. The molecule has 1 nitrogen and oxygen atoms in total. The van der Waals surface area contributed by atoms with Crippen molar-refractivity contribution in [3.05, 3.63) is 29.8 Å². The van der Waals surface area contributed by atoms with Gasteiger partial charge in [-0.25, -0.2) is 0 Å². The van der Waals surface area contributed by atoms with Crippen molar-refractivity contribution in [1.29, 1.82) is 0 Å². The Morgan fingerprint density at radius 1 is 1.29 bits per heavy atom. The number of rotatable bonds is 4. The second kappa shape index (κ2) is 4.37. The van der Waals surface area contributed by atoms with E-state index in [1.807, 2.05) is 0 Å². The highest BCUT2D eigenvalue weighted by Gasteiger charge is 2.30. The molecule has 1 N–H and O–H groups in total. The first kappa shape index (κ1) is 10.1. The summed E-state index contributed by atoms with van der Waals surface area (Å²) in [5.41, 5.74) is 1.44. The lowest BCUT2D eigenvalue weighted by molar-refractivity contribution is 0.528. The van der Waals surface area contributed by atoms with E-state index < -0.39 is 0 Å². The molecule has 0 heterocycles. The van der Waals surface area contributed by atoms with Crippen molar-refractivity contribution in [3.63, 3.8) is 0 Å². The molecule has 0 radical (unpaired) electrons. The topological polar surface area (TPSA) is 12.0 Å². The fourth-order valence-electron chi connectivity index (χ4n) is 1.92. The molecule has 1 saturated carbocycles. The Morgan fingerprint density at radius 3 is 2.36 bits per heavy atom. The zero-order valence-electron chi connectivity index (χ0n) is 8.79. The molecular formula is C12H17NS. The summed E-state index contributed by atoms with van der Waals surface area (Å²) in [6.45, 7) is 0. The van der Waals surface area contributed by atoms with E-state index >= 15 is 0 Å². The Morgan fingerprint density at radius 2 is 1.93 bits per heavy atom. The number of hydrogen-bond donors (Lipinski definition) is 1. The number of nitrogens with one attached hydrogen (secondary N) is 1. The van der Waals surface area contributed by atoms with Gasteiger partial charge in [0.2, 0.25) is 0 Å². The highest BCUT2D eigenvalue weighted by Crippen LogP contribution is 2.40. The van der Waals surface area contributed by atoms with Gasteiger partial charge in [-0.15, -0.1) is 11.8 Å². The van der Waals surface area contributed by atoms with Crippen LogP contribution in [0.5, 0.6) is 0 Å². The van der Waals surface area contributed by atoms with Gasteiger partial charge < -0.3 is 5.32 Å². The second-order valence-electron chi connectivity index (χ2n) is 3.88. The van der Waals surface area contributed by atoms with Gasteiger partial charge in [0.05, 0.1) is 0 Å². The smallest absolute Gasteiger partial charge is 0.0346 e. The number of hydrogen-bond acceptors (Lipinski definition) is 2. The Hall–Kier alpha value is -0.470. The molecule has 0 amide bonds. The van der Waals surface area contributed by atoms with Gasteiger partial charge in [0.1, 0.15) is 0 Å². The fourth-order valence-corrected chi connectivity index (χ4v) is 2.32. The molecule has 2 heteroatoms. The van der Waals surface area contributed by atoms with Crippen molar-refractivity contribution in [1.82, 2.24) is 5.32 Å². The minimum Gasteiger partial charge on any atom is -0.313 e. The molecule has 0 aliphatic heterocycles. The molecule has 1 aromatic carbocycles. The van der Waals surface area contributed by atoms with E-state index in [1.165, 1.54) is 23.3 Å². The highest BCUT2D eigenvalue weighted by atomic mass is 32.2. The van der Waals surface area contributed by atoms with Crippen molar-refractivity contribution < 1.29 is 0 Å². The summed E-state index contributed by atoms with van der Waals surface area (Å²) in [6.07, 6.45) is 4.89. The lowest BCUT2D eigenvalue weighted by Crippen LogP contribution is -2.17. The van der Waals surface area contributed by atoms with Crippen LogP contribution in [0.3, 0.4) is 0 Å². The summed E-state index contributed by atoms with van der Waals surface area (Å²) in [5.74, 6) is 0.875. The molecule has 0 bridgehead atoms. The van der Waals surface area contributed by atoms with Crippen LogP contribution in [0.2, 0.25) is 0 Å². The number of thioether (sulfide) groups is 1. The first-order valence-corrected chi connectivity index (χ1v) is 6.39. The summed E-state index contributed by atoms with van der Waals surface area (Å²) < 4.78 is 0. The highest BCUT2D eigenvalue weighted by molar-refractivity contribution is 7.98. The molecule has 2 rings (SSSR count). The van der Waals surface area contributed by atoms with E-state index in [9.17, 15) is 0 Å². The normalized spacial score (nSPS) is 18.1. The maximum absolute atomic E-state index is 3.41. The van der Waals surface area contributed by atoms with E-state index in [4.69, 9.17) is 0 Å². The molecule has 14 heavy (non-hydrogen) atoms. The van der Waals surface area contributed by atoms with Gasteiger partial charge >= 0.3 is 0 Å². The van der Waals surface area contributed by atoms with E-state index in [0.717, 1.165) is 5.92 Å². The molecule has 1 aliphatic rings. The largest absolute Gasteiger partial charge is 0.313 e. The lowest BCUT2D eigenvalue weighted by atomic mass is 10.0. The minimum atomic E-state index is 0.575. The summed E-state index contributed by atoms with van der Waals surface area (Å²) in [7, 11) is 2.06. The van der Waals surface area contributed by atoms with Crippen LogP contribution >= 0.6 is 11.8 Å². The molecule has 0 spiro atoms. The first-order chi connectivity index (χ1) is 6.85. The van der Waals surface area contributed by atoms with E-state index in [1.54, 1.807) is 11.8 Å². The van der Waals surface area contributed by atoms with Gasteiger partial charge in [-0.3, -0.25) is 0 Å². The molecule has 1 fully saturated rings. The Balaban J connectivity index is 2.13. The summed E-state index contributed by atoms with van der Waals surface area (Å²) in [5, 5.41) is 3.41. The summed E-state index contributed by atoms with van der Waals surface area (Å²) >= 11 is 1.80. The fraction of sp³-hybridized carbons (Fsp3) is 0.500. The van der Waals surface area contributed by atoms with E-state index in [0.29, 0.717) is 6.04 Å². The monoisotopic (exact) mass is 207 g/mol. The van der Waals surface area contributed by atoms with Crippen LogP contribution in [0.25, 0.3) is 0 Å². The maximum Gasteiger partial charge on any atom is 0.0346 e. The van der Waals surface area contributed by atoms with Gasteiger partial charge in [0.15, 0.2) is 0 Å². The predicted octanol–water partition coefficient (Wildman–Crippen LogP) is 3.08. The molecular weight excluding hydrogens is 190 g/mol. The van der Waals surface area contributed by atoms with Crippen LogP contribution in [0.4, 0.5) is 0 Å². The lowest BCUT2D eigenvalue weighted by Gasteiger charge is -2.15. The predicted molar refractivity (Wildman–Crippen MR) is 62.7 cm³/mol. The molecule has 1 aromatic rings. The molecule has 0 aromatic heterocycles. The van der Waals surface area contributed by atoms with Gasteiger partial charge in [0, 0.05) is 10.9 Å². The summed E-state index contributed by atoms with van der Waals surface area (Å²) in [4.78, 5) is 1.35. The molecule has 1 unspecified atom stereocenters. The van der Waals surface area contributed by atoms with Crippen molar-refractivity contribution in [2.24, 2.45) is 5.92 Å². The van der Waals surface area contributed by atoms with Crippen LogP contribution in [-0.2, 0) is 0 Å². The van der Waals surface area contributed by atoms with Crippen molar-refractivity contribution >= 4 is 11.8 Å². The van der Waals surface area contributed by atoms with Crippen molar-refractivity contribution in [2.75, 3.05) is 13.3 Å². The van der Waals surface area contributed by atoms with Crippen molar-refractivity contribution in [3.8, 4) is 0 Å². The molecule has 0 saturated heterocycles. The molecule has 1 aliphatic carbocycles. The van der Waals surface area contributed by atoms with Crippen LogP contribution in [0.1, 0.15) is 24.4 Å². The van der Waals surface area contributed by atoms with Gasteiger partial charge in [-0.2, -0.15) is 0 Å². The average Bonchev–Trinajstić information content (AvgIpc) is 3.04. The third kappa shape index (κ3) is 2.12. The van der Waals surface area contributed by atoms with Crippen LogP contribution in [0, 0.1) is 5.92 Å². The first-order valence-electron chi connectivity index (χ1n) is 5.16. The van der Waals surface area contributed by atoms with Gasteiger partial charge in [-0.1, -0.05) is 12.1 Å². The zero-order chi connectivity index (χ0) is 9.97. The Labute approximate surface area is 90.3 Å². The van der Waals surface area contributed by atoms with Gasteiger partial charge in [-0.05, 0) is 49.8 Å². The minimum absolute atomic E-state index is 0.575. The van der Waals surface area contributed by atoms with Crippen LogP contribution < -0.4 is 5.32 Å². The van der Waals surface area contributed by atoms with Crippen LogP contribution in [0.15, 0.2) is 29.2 Å². The van der Waals surface area contributed by atoms with Crippen molar-refractivity contribution in [2.45, 2.75) is 23.8 Å². The third-order valence-corrected chi connectivity index (χ3v) is 3.62. The standard InChI is InChI=1S/C12H17NS/c1-13-12(9-3-4-9)10-5-7-11(14-2)8-6-10/h5-9,12-13H,3-4H2,1-2H3. The zero-order valence-corrected chi connectivity index (χ0v) is 9.60. The Bertz CT molecular complexity index is 290. The van der Waals surface area contributed by atoms with Crippen LogP contribution in [-0.4, -0.2) is 13.3 Å². The summed E-state index contributed by atoms with van der Waals surface area (Å²) in [6, 6.07) is 9.52. The van der Waals surface area contributed by atoms with Gasteiger partial charge in [0.25, 0.3) is 0 Å².